The molecule has 0 saturated carbocycles. The molecule has 0 aliphatic rings. The maximum atomic E-state index is 14.3. The van der Waals surface area contributed by atoms with Crippen molar-refractivity contribution in [3.63, 3.8) is 0 Å². The highest BCUT2D eigenvalue weighted by Crippen LogP contribution is 2.28. The summed E-state index contributed by atoms with van der Waals surface area (Å²) in [6, 6.07) is 9.61. The van der Waals surface area contributed by atoms with Crippen LogP contribution in [0.5, 0.6) is 0 Å². The average Bonchev–Trinajstić information content (AvgIpc) is 3.01. The first-order valence-electron chi connectivity index (χ1n) is 8.06. The Labute approximate surface area is 160 Å². The number of aryl methyl sites for hydroxylation is 1. The van der Waals surface area contributed by atoms with Crippen LogP contribution in [0.3, 0.4) is 0 Å². The first-order valence-corrected chi connectivity index (χ1v) is 8.85. The van der Waals surface area contributed by atoms with E-state index >= 15 is 0 Å². The Kier molecular flexibility index (Phi) is 4.47. The molecule has 2 aromatic heterocycles. The third-order valence-corrected chi connectivity index (χ3v) is 4.76. The molecule has 2 heterocycles. The second kappa shape index (κ2) is 6.80. The summed E-state index contributed by atoms with van der Waals surface area (Å²) in [5, 5.41) is 11.9. The highest BCUT2D eigenvalue weighted by molar-refractivity contribution is 9.10. The van der Waals surface area contributed by atoms with Crippen LogP contribution in [0.4, 0.5) is 19.0 Å². The first-order chi connectivity index (χ1) is 13.0. The second-order valence-corrected chi connectivity index (χ2v) is 6.89. The molecule has 0 saturated heterocycles. The molecule has 138 valence electrons. The van der Waals surface area contributed by atoms with Gasteiger partial charge in [-0.2, -0.15) is 4.98 Å². The van der Waals surface area contributed by atoms with Crippen molar-refractivity contribution in [2.24, 2.45) is 0 Å². The number of nitrogens with one attached hydrogen (secondary N) is 1. The lowest BCUT2D eigenvalue weighted by Crippen LogP contribution is -2.07. The molecule has 0 unspecified atom stereocenters. The van der Waals surface area contributed by atoms with Gasteiger partial charge in [0.05, 0.1) is 11.1 Å². The quantitative estimate of drug-likeness (QED) is 0.487. The standard InChI is InChI=1S/C18H13BrF3N5/c1-9-25-26-18-24-17(13-7-11(19)5-6-14(13)27(9)18)23-8-10-3-2-4-12(15(10)20)16(21)22/h2-7,16H,8H2,1H3,(H,23,24,26). The van der Waals surface area contributed by atoms with E-state index in [1.807, 2.05) is 29.5 Å². The van der Waals surface area contributed by atoms with Crippen LogP contribution in [-0.2, 0) is 6.54 Å². The van der Waals surface area contributed by atoms with E-state index in [-0.39, 0.29) is 12.1 Å². The summed E-state index contributed by atoms with van der Waals surface area (Å²) in [6.07, 6.45) is -2.87. The van der Waals surface area contributed by atoms with Crippen LogP contribution in [-0.4, -0.2) is 19.6 Å². The van der Waals surface area contributed by atoms with Crippen LogP contribution in [0.1, 0.15) is 23.4 Å². The van der Waals surface area contributed by atoms with Crippen molar-refractivity contribution in [3.8, 4) is 0 Å². The molecule has 0 fully saturated rings. The highest BCUT2D eigenvalue weighted by atomic mass is 79.9. The summed E-state index contributed by atoms with van der Waals surface area (Å²) in [5.74, 6) is 0.636. The summed E-state index contributed by atoms with van der Waals surface area (Å²) in [7, 11) is 0. The molecule has 4 aromatic rings. The molecule has 0 aliphatic carbocycles. The van der Waals surface area contributed by atoms with Gasteiger partial charge in [-0.3, -0.25) is 4.40 Å². The van der Waals surface area contributed by atoms with E-state index in [0.717, 1.165) is 21.4 Å². The Hall–Kier alpha value is -2.68. The number of hydrogen-bond donors (Lipinski definition) is 1. The molecule has 0 atom stereocenters. The van der Waals surface area contributed by atoms with Crippen LogP contribution in [0.2, 0.25) is 0 Å². The Bertz CT molecular complexity index is 1160. The number of rotatable bonds is 4. The minimum absolute atomic E-state index is 0.00427. The molecule has 0 radical (unpaired) electrons. The Morgan fingerprint density at radius 2 is 2.00 bits per heavy atom. The van der Waals surface area contributed by atoms with E-state index in [9.17, 15) is 13.2 Å². The summed E-state index contributed by atoms with van der Waals surface area (Å²) < 4.78 is 42.7. The van der Waals surface area contributed by atoms with Gasteiger partial charge in [-0.25, -0.2) is 13.2 Å². The van der Waals surface area contributed by atoms with Crippen LogP contribution < -0.4 is 5.32 Å². The largest absolute Gasteiger partial charge is 0.365 e. The number of alkyl halides is 2. The number of hydrogen-bond acceptors (Lipinski definition) is 4. The van der Waals surface area contributed by atoms with E-state index < -0.39 is 17.8 Å². The third kappa shape index (κ3) is 3.12. The lowest BCUT2D eigenvalue weighted by Gasteiger charge is -2.12. The predicted molar refractivity (Wildman–Crippen MR) is 99.4 cm³/mol. The van der Waals surface area contributed by atoms with Gasteiger partial charge in [0.15, 0.2) is 0 Å². The van der Waals surface area contributed by atoms with Crippen molar-refractivity contribution >= 4 is 38.4 Å². The van der Waals surface area contributed by atoms with Gasteiger partial charge < -0.3 is 5.32 Å². The molecule has 9 heteroatoms. The first kappa shape index (κ1) is 17.7. The van der Waals surface area contributed by atoms with Crippen molar-refractivity contribution in [1.29, 1.82) is 0 Å². The summed E-state index contributed by atoms with van der Waals surface area (Å²) in [6.45, 7) is 1.83. The highest BCUT2D eigenvalue weighted by Gasteiger charge is 2.17. The Balaban J connectivity index is 1.78. The molecule has 0 bridgehead atoms. The molecule has 27 heavy (non-hydrogen) atoms. The Morgan fingerprint density at radius 3 is 2.78 bits per heavy atom. The van der Waals surface area contributed by atoms with E-state index in [4.69, 9.17) is 0 Å². The topological polar surface area (TPSA) is 55.1 Å². The van der Waals surface area contributed by atoms with Gasteiger partial charge in [-0.15, -0.1) is 10.2 Å². The number of nitrogens with zero attached hydrogens (tertiary/aromatic N) is 4. The van der Waals surface area contributed by atoms with Crippen LogP contribution in [0.15, 0.2) is 40.9 Å². The summed E-state index contributed by atoms with van der Waals surface area (Å²) in [5.41, 5.74) is 0.351. The van der Waals surface area contributed by atoms with Crippen LogP contribution in [0.25, 0.3) is 16.7 Å². The zero-order valence-corrected chi connectivity index (χ0v) is 15.6. The number of benzene rings is 2. The minimum atomic E-state index is -2.87. The van der Waals surface area contributed by atoms with Crippen LogP contribution >= 0.6 is 15.9 Å². The van der Waals surface area contributed by atoms with Gasteiger partial charge in [-0.1, -0.05) is 34.1 Å². The minimum Gasteiger partial charge on any atom is -0.365 e. The van der Waals surface area contributed by atoms with Crippen LogP contribution in [0, 0.1) is 12.7 Å². The van der Waals surface area contributed by atoms with E-state index in [0.29, 0.717) is 17.4 Å². The van der Waals surface area contributed by atoms with Crippen molar-refractivity contribution in [1.82, 2.24) is 19.6 Å². The molecule has 0 spiro atoms. The predicted octanol–water partition coefficient (Wildman–Crippen LogP) is 5.04. The maximum absolute atomic E-state index is 14.3. The SMILES string of the molecule is Cc1nnc2nc(NCc3cccc(C(F)F)c3F)c3cc(Br)ccc3n12. The van der Waals surface area contributed by atoms with E-state index in [2.05, 4.69) is 36.4 Å². The molecule has 4 rings (SSSR count). The van der Waals surface area contributed by atoms with Gasteiger partial charge >= 0.3 is 0 Å². The van der Waals surface area contributed by atoms with E-state index in [1.54, 1.807) is 0 Å². The van der Waals surface area contributed by atoms with Gasteiger partial charge in [0, 0.05) is 22.0 Å². The van der Waals surface area contributed by atoms with Gasteiger partial charge in [0.2, 0.25) is 0 Å². The van der Waals surface area contributed by atoms with Crippen molar-refractivity contribution < 1.29 is 13.2 Å². The average molecular weight is 436 g/mol. The molecular weight excluding hydrogens is 423 g/mol. The number of fused-ring (bicyclic) bond motifs is 3. The molecule has 0 aliphatic heterocycles. The molecule has 5 nitrogen and oxygen atoms in total. The number of halogens is 4. The Morgan fingerprint density at radius 1 is 1.19 bits per heavy atom. The second-order valence-electron chi connectivity index (χ2n) is 5.98. The lowest BCUT2D eigenvalue weighted by molar-refractivity contribution is 0.146. The lowest BCUT2D eigenvalue weighted by atomic mass is 10.1. The van der Waals surface area contributed by atoms with Gasteiger partial charge in [0.1, 0.15) is 17.5 Å². The molecular formula is C18H13BrF3N5. The van der Waals surface area contributed by atoms with Crippen molar-refractivity contribution in [2.45, 2.75) is 19.9 Å². The molecule has 1 N–H and O–H groups in total. The summed E-state index contributed by atoms with van der Waals surface area (Å²) in [4.78, 5) is 4.45. The molecule has 0 amide bonds. The normalized spacial score (nSPS) is 11.6. The fourth-order valence-electron chi connectivity index (χ4n) is 2.98. The third-order valence-electron chi connectivity index (χ3n) is 4.26. The fraction of sp³-hybridized carbons (Fsp3) is 0.167. The maximum Gasteiger partial charge on any atom is 0.266 e. The monoisotopic (exact) mass is 435 g/mol. The zero-order chi connectivity index (χ0) is 19.1. The van der Waals surface area contributed by atoms with E-state index in [1.165, 1.54) is 12.1 Å². The number of anilines is 1. The van der Waals surface area contributed by atoms with Gasteiger partial charge in [-0.05, 0) is 25.1 Å². The molecule has 2 aromatic carbocycles. The zero-order valence-electron chi connectivity index (χ0n) is 14.0. The van der Waals surface area contributed by atoms with Gasteiger partial charge in [0.25, 0.3) is 12.2 Å². The fourth-order valence-corrected chi connectivity index (χ4v) is 3.34. The summed E-state index contributed by atoms with van der Waals surface area (Å²) >= 11 is 3.43. The van der Waals surface area contributed by atoms with Crippen molar-refractivity contribution in [3.05, 3.63) is 63.6 Å². The smallest absolute Gasteiger partial charge is 0.266 e. The number of aromatic nitrogens is 4. The van der Waals surface area contributed by atoms with Crippen molar-refractivity contribution in [2.75, 3.05) is 5.32 Å².